The molecule has 6 heteroatoms. The summed E-state index contributed by atoms with van der Waals surface area (Å²) in [4.78, 5) is 11.1. The monoisotopic (exact) mass is 369 g/mol. The Hall–Kier alpha value is -2.50. The zero-order valence-corrected chi connectivity index (χ0v) is 16.6. The van der Waals surface area contributed by atoms with Gasteiger partial charge in [0, 0.05) is 39.1 Å². The lowest BCUT2D eigenvalue weighted by Gasteiger charge is -2.39. The van der Waals surface area contributed by atoms with Crippen molar-refractivity contribution in [3.05, 3.63) is 48.5 Å². The molecule has 1 saturated heterocycles. The predicted molar refractivity (Wildman–Crippen MR) is 109 cm³/mol. The number of ether oxygens (including phenoxy) is 1. The van der Waals surface area contributed by atoms with Gasteiger partial charge in [-0.2, -0.15) is 0 Å². The average Bonchev–Trinajstić information content (AvgIpc) is 3.24. The Balaban J connectivity index is 1.48. The van der Waals surface area contributed by atoms with Gasteiger partial charge < -0.3 is 19.5 Å². The van der Waals surface area contributed by atoms with Gasteiger partial charge in [-0.15, -0.1) is 0 Å². The second-order valence-electron chi connectivity index (χ2n) is 7.21. The molecule has 0 saturated carbocycles. The highest BCUT2D eigenvalue weighted by Crippen LogP contribution is 2.27. The van der Waals surface area contributed by atoms with Crippen molar-refractivity contribution < 1.29 is 4.74 Å². The summed E-state index contributed by atoms with van der Waals surface area (Å²) < 4.78 is 7.44. The summed E-state index contributed by atoms with van der Waals surface area (Å²) in [6.07, 6.45) is 9.13. The molecule has 1 fully saturated rings. The first-order valence-electron chi connectivity index (χ1n) is 9.77. The van der Waals surface area contributed by atoms with Crippen LogP contribution in [-0.2, 0) is 6.42 Å². The third-order valence-electron chi connectivity index (χ3n) is 5.42. The van der Waals surface area contributed by atoms with Gasteiger partial charge in [-0.05, 0) is 42.9 Å². The number of aromatic nitrogens is 2. The molecule has 2 unspecified atom stereocenters. The zero-order valence-electron chi connectivity index (χ0n) is 16.6. The molecule has 27 heavy (non-hydrogen) atoms. The number of likely N-dealkylation sites (tertiary alicyclic amines) is 1. The fourth-order valence-corrected chi connectivity index (χ4v) is 3.71. The van der Waals surface area contributed by atoms with E-state index in [1.807, 2.05) is 31.7 Å². The van der Waals surface area contributed by atoms with E-state index in [2.05, 4.69) is 50.0 Å². The number of guanidine groups is 1. The van der Waals surface area contributed by atoms with E-state index in [9.17, 15) is 0 Å². The maximum atomic E-state index is 5.21. The Kier molecular flexibility index (Phi) is 6.74. The second kappa shape index (κ2) is 9.44. The molecule has 1 N–H and O–H groups in total. The van der Waals surface area contributed by atoms with E-state index in [-0.39, 0.29) is 0 Å². The minimum Gasteiger partial charge on any atom is -0.497 e. The summed E-state index contributed by atoms with van der Waals surface area (Å²) in [5, 5.41) is 3.54. The van der Waals surface area contributed by atoms with Crippen molar-refractivity contribution in [1.29, 1.82) is 0 Å². The highest BCUT2D eigenvalue weighted by molar-refractivity contribution is 5.80. The van der Waals surface area contributed by atoms with Crippen molar-refractivity contribution in [1.82, 2.24) is 19.8 Å². The molecule has 0 spiro atoms. The van der Waals surface area contributed by atoms with Crippen LogP contribution in [0.5, 0.6) is 5.75 Å². The third-order valence-corrected chi connectivity index (χ3v) is 5.42. The smallest absolute Gasteiger partial charge is 0.193 e. The van der Waals surface area contributed by atoms with E-state index < -0.39 is 0 Å². The standard InChI is InChI=1S/C21H31N5O/c1-17-10-13-25(15-20(17)26-14-12-23-16-26)21(22-2)24-11-4-5-18-6-8-19(27-3)9-7-18/h6-9,12,14,16-17,20H,4-5,10-11,13,15H2,1-3H3,(H,22,24). The summed E-state index contributed by atoms with van der Waals surface area (Å²) in [6, 6.07) is 8.75. The SMILES string of the molecule is CN=C(NCCCc1ccc(OC)cc1)N1CCC(C)C(n2ccnc2)C1. The molecule has 0 amide bonds. The van der Waals surface area contributed by atoms with Crippen LogP contribution in [0.25, 0.3) is 0 Å². The summed E-state index contributed by atoms with van der Waals surface area (Å²) in [6.45, 7) is 5.26. The summed E-state index contributed by atoms with van der Waals surface area (Å²) >= 11 is 0. The largest absolute Gasteiger partial charge is 0.497 e. The lowest BCUT2D eigenvalue weighted by molar-refractivity contribution is 0.189. The first-order valence-corrected chi connectivity index (χ1v) is 9.77. The number of hydrogen-bond acceptors (Lipinski definition) is 3. The van der Waals surface area contributed by atoms with Gasteiger partial charge in [0.1, 0.15) is 5.75 Å². The number of hydrogen-bond donors (Lipinski definition) is 1. The molecule has 3 rings (SSSR count). The van der Waals surface area contributed by atoms with Crippen LogP contribution in [0.3, 0.4) is 0 Å². The molecular formula is C21H31N5O. The molecule has 2 atom stereocenters. The Morgan fingerprint density at radius 1 is 1.33 bits per heavy atom. The maximum absolute atomic E-state index is 5.21. The molecular weight excluding hydrogens is 338 g/mol. The molecule has 2 heterocycles. The Labute approximate surface area is 162 Å². The topological polar surface area (TPSA) is 54.7 Å². The van der Waals surface area contributed by atoms with E-state index in [1.54, 1.807) is 7.11 Å². The number of benzene rings is 1. The van der Waals surface area contributed by atoms with Gasteiger partial charge in [0.05, 0.1) is 19.5 Å². The van der Waals surface area contributed by atoms with Crippen molar-refractivity contribution in [3.8, 4) is 5.75 Å². The minimum atomic E-state index is 0.444. The summed E-state index contributed by atoms with van der Waals surface area (Å²) in [7, 11) is 3.57. The predicted octanol–water partition coefficient (Wildman–Crippen LogP) is 2.98. The van der Waals surface area contributed by atoms with Gasteiger partial charge in [-0.1, -0.05) is 19.1 Å². The van der Waals surface area contributed by atoms with Crippen LogP contribution >= 0.6 is 0 Å². The molecule has 1 aliphatic heterocycles. The number of methoxy groups -OCH3 is 1. The first-order chi connectivity index (χ1) is 13.2. The summed E-state index contributed by atoms with van der Waals surface area (Å²) in [5.74, 6) is 2.55. The van der Waals surface area contributed by atoms with Crippen molar-refractivity contribution in [2.24, 2.45) is 10.9 Å². The van der Waals surface area contributed by atoms with E-state index in [0.717, 1.165) is 50.6 Å². The van der Waals surface area contributed by atoms with Crippen molar-refractivity contribution in [2.45, 2.75) is 32.2 Å². The molecule has 6 nitrogen and oxygen atoms in total. The van der Waals surface area contributed by atoms with Crippen LogP contribution in [0.4, 0.5) is 0 Å². The quantitative estimate of drug-likeness (QED) is 0.483. The first kappa shape index (κ1) is 19.3. The Morgan fingerprint density at radius 3 is 2.81 bits per heavy atom. The van der Waals surface area contributed by atoms with E-state index >= 15 is 0 Å². The van der Waals surface area contributed by atoms with E-state index in [0.29, 0.717) is 12.0 Å². The fourth-order valence-electron chi connectivity index (χ4n) is 3.71. The number of nitrogens with one attached hydrogen (secondary N) is 1. The van der Waals surface area contributed by atoms with Crippen molar-refractivity contribution >= 4 is 5.96 Å². The number of aryl methyl sites for hydroxylation is 1. The van der Waals surface area contributed by atoms with Crippen LogP contribution in [0.1, 0.15) is 31.4 Å². The van der Waals surface area contributed by atoms with E-state index in [1.165, 1.54) is 5.56 Å². The number of piperidine rings is 1. The van der Waals surface area contributed by atoms with Gasteiger partial charge in [0.15, 0.2) is 5.96 Å². The molecule has 1 aliphatic rings. The number of nitrogens with zero attached hydrogens (tertiary/aromatic N) is 4. The summed E-state index contributed by atoms with van der Waals surface area (Å²) in [5.41, 5.74) is 1.33. The third kappa shape index (κ3) is 5.02. The maximum Gasteiger partial charge on any atom is 0.193 e. The van der Waals surface area contributed by atoms with Crippen molar-refractivity contribution in [2.75, 3.05) is 33.8 Å². The second-order valence-corrected chi connectivity index (χ2v) is 7.21. The number of imidazole rings is 1. The van der Waals surface area contributed by atoms with Gasteiger partial charge in [-0.3, -0.25) is 4.99 Å². The van der Waals surface area contributed by atoms with Crippen LogP contribution in [0.15, 0.2) is 48.0 Å². The van der Waals surface area contributed by atoms with Crippen molar-refractivity contribution in [3.63, 3.8) is 0 Å². The lowest BCUT2D eigenvalue weighted by atomic mass is 9.93. The van der Waals surface area contributed by atoms with Crippen LogP contribution in [-0.4, -0.2) is 54.2 Å². The zero-order chi connectivity index (χ0) is 19.1. The molecule has 146 valence electrons. The van der Waals surface area contributed by atoms with Gasteiger partial charge in [0.25, 0.3) is 0 Å². The van der Waals surface area contributed by atoms with Crippen LogP contribution < -0.4 is 10.1 Å². The van der Waals surface area contributed by atoms with E-state index in [4.69, 9.17) is 4.74 Å². The minimum absolute atomic E-state index is 0.444. The molecule has 1 aromatic heterocycles. The fraction of sp³-hybridized carbons (Fsp3) is 0.524. The van der Waals surface area contributed by atoms with Gasteiger partial charge >= 0.3 is 0 Å². The lowest BCUT2D eigenvalue weighted by Crippen LogP contribution is -2.49. The Bertz CT molecular complexity index is 711. The number of aliphatic imine (C=N–C) groups is 1. The Morgan fingerprint density at radius 2 is 2.15 bits per heavy atom. The van der Waals surface area contributed by atoms with Gasteiger partial charge in [0.2, 0.25) is 0 Å². The van der Waals surface area contributed by atoms with Crippen LogP contribution in [0.2, 0.25) is 0 Å². The average molecular weight is 370 g/mol. The molecule has 0 aliphatic carbocycles. The molecule has 0 radical (unpaired) electrons. The van der Waals surface area contributed by atoms with Gasteiger partial charge in [-0.25, -0.2) is 4.98 Å². The molecule has 2 aromatic rings. The van der Waals surface area contributed by atoms with Crippen LogP contribution in [0, 0.1) is 5.92 Å². The number of rotatable bonds is 6. The normalized spacial score (nSPS) is 20.6. The highest BCUT2D eigenvalue weighted by atomic mass is 16.5. The molecule has 1 aromatic carbocycles. The highest BCUT2D eigenvalue weighted by Gasteiger charge is 2.28. The molecule has 0 bridgehead atoms.